The lowest BCUT2D eigenvalue weighted by Crippen LogP contribution is -2.09. The number of hydrogen-bond donors (Lipinski definition) is 2. The number of aryl methyl sites for hydroxylation is 1. The van der Waals surface area contributed by atoms with Gasteiger partial charge in [0.2, 0.25) is 5.91 Å². The molecule has 0 aliphatic heterocycles. The molecular formula is C17H15FN2O4. The van der Waals surface area contributed by atoms with Crippen molar-refractivity contribution in [3.8, 4) is 0 Å². The van der Waals surface area contributed by atoms with E-state index in [1.54, 1.807) is 25.1 Å². The average Bonchev–Trinajstić information content (AvgIpc) is 2.55. The lowest BCUT2D eigenvalue weighted by atomic mass is 10.1. The quantitative estimate of drug-likeness (QED) is 0.500. The molecule has 0 fully saturated rings. The number of nitro groups is 1. The second-order valence-corrected chi connectivity index (χ2v) is 5.09. The van der Waals surface area contributed by atoms with E-state index in [-0.39, 0.29) is 12.2 Å². The minimum absolute atomic E-state index is 0.123. The molecule has 0 unspecified atom stereocenters. The molecule has 2 N–H and O–H groups in total. The van der Waals surface area contributed by atoms with Gasteiger partial charge in [0.15, 0.2) is 0 Å². The number of carbonyl (C=O) groups excluding carboxylic acids is 1. The molecule has 0 bridgehead atoms. The van der Waals surface area contributed by atoms with Crippen molar-refractivity contribution in [1.29, 1.82) is 0 Å². The van der Waals surface area contributed by atoms with Crippen molar-refractivity contribution in [2.45, 2.75) is 13.5 Å². The van der Waals surface area contributed by atoms with Crippen LogP contribution in [0.15, 0.2) is 42.5 Å². The molecule has 0 spiro atoms. The van der Waals surface area contributed by atoms with E-state index >= 15 is 0 Å². The SMILES string of the molecule is Cc1ccc(CO)cc1NC(=O)/C=C/c1ccc(F)cc1[N+](=O)[O-]. The van der Waals surface area contributed by atoms with Crippen molar-refractivity contribution in [2.24, 2.45) is 0 Å². The molecule has 6 nitrogen and oxygen atoms in total. The number of aliphatic hydroxyl groups excluding tert-OH is 1. The Bertz CT molecular complexity index is 818. The number of aliphatic hydroxyl groups is 1. The first-order chi connectivity index (χ1) is 11.4. The molecule has 7 heteroatoms. The van der Waals surface area contributed by atoms with Crippen molar-refractivity contribution < 1.29 is 19.2 Å². The van der Waals surface area contributed by atoms with E-state index in [0.29, 0.717) is 11.3 Å². The Kier molecular flexibility index (Phi) is 5.39. The van der Waals surface area contributed by atoms with E-state index in [1.165, 1.54) is 12.1 Å². The van der Waals surface area contributed by atoms with Crippen LogP contribution in [0, 0.1) is 22.9 Å². The summed E-state index contributed by atoms with van der Waals surface area (Å²) in [4.78, 5) is 22.2. The summed E-state index contributed by atoms with van der Waals surface area (Å²) in [5.41, 5.74) is 1.69. The first-order valence-corrected chi connectivity index (χ1v) is 7.04. The number of anilines is 1. The second kappa shape index (κ2) is 7.47. The molecule has 0 atom stereocenters. The smallest absolute Gasteiger partial charge is 0.279 e. The van der Waals surface area contributed by atoms with Crippen LogP contribution in [0.1, 0.15) is 16.7 Å². The van der Waals surface area contributed by atoms with Crippen LogP contribution < -0.4 is 5.32 Å². The van der Waals surface area contributed by atoms with Crippen LogP contribution in [-0.2, 0) is 11.4 Å². The van der Waals surface area contributed by atoms with Crippen molar-refractivity contribution in [3.63, 3.8) is 0 Å². The summed E-state index contributed by atoms with van der Waals surface area (Å²) < 4.78 is 13.1. The Labute approximate surface area is 137 Å². The number of nitro benzene ring substituents is 1. The highest BCUT2D eigenvalue weighted by molar-refractivity contribution is 6.02. The molecule has 0 saturated carbocycles. The maximum absolute atomic E-state index is 13.1. The van der Waals surface area contributed by atoms with Gasteiger partial charge in [0.05, 0.1) is 23.2 Å². The highest BCUT2D eigenvalue weighted by atomic mass is 19.1. The zero-order valence-electron chi connectivity index (χ0n) is 12.8. The molecule has 0 aromatic heterocycles. The number of amides is 1. The average molecular weight is 330 g/mol. The Morgan fingerprint density at radius 3 is 2.75 bits per heavy atom. The Hall–Kier alpha value is -3.06. The fourth-order valence-corrected chi connectivity index (χ4v) is 2.06. The number of benzene rings is 2. The molecule has 0 saturated heterocycles. The van der Waals surface area contributed by atoms with E-state index < -0.39 is 22.3 Å². The van der Waals surface area contributed by atoms with Gasteiger partial charge in [0.25, 0.3) is 5.69 Å². The Balaban J connectivity index is 2.18. The van der Waals surface area contributed by atoms with Gasteiger partial charge in [-0.3, -0.25) is 14.9 Å². The standard InChI is InChI=1S/C17H15FN2O4/c1-11-2-3-12(10-21)8-15(11)19-17(22)7-5-13-4-6-14(18)9-16(13)20(23)24/h2-9,21H,10H2,1H3,(H,19,22)/b7-5+. The lowest BCUT2D eigenvalue weighted by Gasteiger charge is -2.08. The zero-order chi connectivity index (χ0) is 17.7. The van der Waals surface area contributed by atoms with E-state index in [0.717, 1.165) is 23.8 Å². The highest BCUT2D eigenvalue weighted by Gasteiger charge is 2.13. The fourth-order valence-electron chi connectivity index (χ4n) is 2.06. The second-order valence-electron chi connectivity index (χ2n) is 5.09. The Morgan fingerprint density at radius 2 is 2.08 bits per heavy atom. The van der Waals surface area contributed by atoms with Gasteiger partial charge in [-0.2, -0.15) is 0 Å². The van der Waals surface area contributed by atoms with Crippen molar-refractivity contribution in [2.75, 3.05) is 5.32 Å². The molecule has 1 amide bonds. The van der Waals surface area contributed by atoms with Crippen LogP contribution in [0.4, 0.5) is 15.8 Å². The molecule has 2 rings (SSSR count). The number of nitrogens with zero attached hydrogens (tertiary/aromatic N) is 1. The molecule has 2 aromatic carbocycles. The molecule has 2 aromatic rings. The van der Waals surface area contributed by atoms with Crippen molar-refractivity contribution >= 4 is 23.4 Å². The third-order valence-corrected chi connectivity index (χ3v) is 3.35. The Morgan fingerprint density at radius 1 is 1.33 bits per heavy atom. The van der Waals surface area contributed by atoms with Gasteiger partial charge in [0.1, 0.15) is 5.82 Å². The zero-order valence-corrected chi connectivity index (χ0v) is 12.8. The molecule has 24 heavy (non-hydrogen) atoms. The van der Waals surface area contributed by atoms with Gasteiger partial charge >= 0.3 is 0 Å². The predicted molar refractivity (Wildman–Crippen MR) is 87.8 cm³/mol. The molecule has 0 radical (unpaired) electrons. The first kappa shape index (κ1) is 17.3. The molecule has 0 heterocycles. The molecular weight excluding hydrogens is 315 g/mol. The number of halogens is 1. The fraction of sp³-hybridized carbons (Fsp3) is 0.118. The third kappa shape index (κ3) is 4.23. The largest absolute Gasteiger partial charge is 0.392 e. The van der Waals surface area contributed by atoms with E-state index in [4.69, 9.17) is 5.11 Å². The summed E-state index contributed by atoms with van der Waals surface area (Å²) in [6, 6.07) is 8.25. The lowest BCUT2D eigenvalue weighted by molar-refractivity contribution is -0.385. The summed E-state index contributed by atoms with van der Waals surface area (Å²) >= 11 is 0. The summed E-state index contributed by atoms with van der Waals surface area (Å²) in [6.07, 6.45) is 2.38. The van der Waals surface area contributed by atoms with E-state index in [2.05, 4.69) is 5.32 Å². The van der Waals surface area contributed by atoms with E-state index in [1.807, 2.05) is 0 Å². The summed E-state index contributed by atoms with van der Waals surface area (Å²) in [5.74, 6) is -1.22. The highest BCUT2D eigenvalue weighted by Crippen LogP contribution is 2.21. The number of carbonyl (C=O) groups is 1. The normalized spacial score (nSPS) is 10.8. The van der Waals surface area contributed by atoms with Gasteiger partial charge in [-0.05, 0) is 42.3 Å². The van der Waals surface area contributed by atoms with Gasteiger partial charge < -0.3 is 10.4 Å². The van der Waals surface area contributed by atoms with E-state index in [9.17, 15) is 19.3 Å². The van der Waals surface area contributed by atoms with Crippen molar-refractivity contribution in [3.05, 3.63) is 75.1 Å². The van der Waals surface area contributed by atoms with Crippen LogP contribution in [0.2, 0.25) is 0 Å². The summed E-state index contributed by atoms with van der Waals surface area (Å²) in [7, 11) is 0. The number of hydrogen-bond acceptors (Lipinski definition) is 4. The van der Waals surface area contributed by atoms with Crippen LogP contribution in [0.5, 0.6) is 0 Å². The topological polar surface area (TPSA) is 92.5 Å². The maximum Gasteiger partial charge on any atom is 0.279 e. The summed E-state index contributed by atoms with van der Waals surface area (Å²) in [6.45, 7) is 1.64. The molecule has 0 aliphatic rings. The first-order valence-electron chi connectivity index (χ1n) is 7.04. The monoisotopic (exact) mass is 330 g/mol. The van der Waals surface area contributed by atoms with Gasteiger partial charge in [-0.25, -0.2) is 4.39 Å². The van der Waals surface area contributed by atoms with Gasteiger partial charge in [-0.1, -0.05) is 12.1 Å². The van der Waals surface area contributed by atoms with Gasteiger partial charge in [0, 0.05) is 11.8 Å². The van der Waals surface area contributed by atoms with Crippen LogP contribution >= 0.6 is 0 Å². The number of nitrogens with one attached hydrogen (secondary N) is 1. The molecule has 124 valence electrons. The predicted octanol–water partition coefficient (Wildman–Crippen LogP) is 3.19. The third-order valence-electron chi connectivity index (χ3n) is 3.35. The van der Waals surface area contributed by atoms with Crippen LogP contribution in [0.25, 0.3) is 6.08 Å². The molecule has 0 aliphatic carbocycles. The van der Waals surface area contributed by atoms with Crippen LogP contribution in [-0.4, -0.2) is 15.9 Å². The van der Waals surface area contributed by atoms with Gasteiger partial charge in [-0.15, -0.1) is 0 Å². The maximum atomic E-state index is 13.1. The number of rotatable bonds is 5. The minimum atomic E-state index is -0.722. The van der Waals surface area contributed by atoms with Crippen molar-refractivity contribution in [1.82, 2.24) is 0 Å². The van der Waals surface area contributed by atoms with Crippen LogP contribution in [0.3, 0.4) is 0 Å². The summed E-state index contributed by atoms with van der Waals surface area (Å²) in [5, 5.41) is 22.7. The minimum Gasteiger partial charge on any atom is -0.392 e.